The summed E-state index contributed by atoms with van der Waals surface area (Å²) in [4.78, 5) is 11.7. The summed E-state index contributed by atoms with van der Waals surface area (Å²) in [6, 6.07) is 10.5. The lowest BCUT2D eigenvalue weighted by Crippen LogP contribution is -2.37. The first kappa shape index (κ1) is 15.4. The van der Waals surface area contributed by atoms with Gasteiger partial charge in [-0.25, -0.2) is 0 Å². The summed E-state index contributed by atoms with van der Waals surface area (Å²) in [5.74, 6) is -0.477. The Kier molecular flexibility index (Phi) is 4.20. The van der Waals surface area contributed by atoms with Gasteiger partial charge in [-0.15, -0.1) is 0 Å². The van der Waals surface area contributed by atoms with Crippen LogP contribution in [-0.2, 0) is 20.7 Å². The van der Waals surface area contributed by atoms with Crippen LogP contribution in [0.5, 0.6) is 0 Å². The maximum Gasteiger partial charge on any atom is 0.164 e. The number of unbranched alkanes of at least 4 members (excludes halogenated alkanes) is 1. The highest BCUT2D eigenvalue weighted by Gasteiger charge is 2.53. The second-order valence-electron chi connectivity index (χ2n) is 6.77. The fourth-order valence-electron chi connectivity index (χ4n) is 3.51. The molecule has 1 aliphatic heterocycles. The van der Waals surface area contributed by atoms with Crippen molar-refractivity contribution in [1.82, 2.24) is 0 Å². The average Bonchev–Trinajstić information content (AvgIpc) is 2.96. The quantitative estimate of drug-likeness (QED) is 0.776. The molecule has 1 fully saturated rings. The molecule has 0 bridgehead atoms. The maximum atomic E-state index is 11.7. The highest BCUT2D eigenvalue weighted by Crippen LogP contribution is 2.44. The van der Waals surface area contributed by atoms with Gasteiger partial charge in [-0.05, 0) is 50.8 Å². The molecule has 1 aromatic carbocycles. The van der Waals surface area contributed by atoms with Crippen molar-refractivity contribution < 1.29 is 14.3 Å². The van der Waals surface area contributed by atoms with E-state index in [1.54, 1.807) is 6.08 Å². The van der Waals surface area contributed by atoms with Crippen LogP contribution >= 0.6 is 0 Å². The molecule has 0 saturated carbocycles. The van der Waals surface area contributed by atoms with E-state index in [2.05, 4.69) is 24.3 Å². The van der Waals surface area contributed by atoms with Gasteiger partial charge in [-0.1, -0.05) is 36.8 Å². The minimum Gasteiger partial charge on any atom is -0.344 e. The summed E-state index contributed by atoms with van der Waals surface area (Å²) in [6.07, 6.45) is 8.14. The van der Waals surface area contributed by atoms with E-state index in [1.165, 1.54) is 5.56 Å². The van der Waals surface area contributed by atoms with Crippen LogP contribution in [0.4, 0.5) is 0 Å². The lowest BCUT2D eigenvalue weighted by Gasteiger charge is -2.26. The van der Waals surface area contributed by atoms with E-state index in [0.717, 1.165) is 25.7 Å². The zero-order valence-corrected chi connectivity index (χ0v) is 13.4. The number of hydrogen-bond donors (Lipinski definition) is 0. The molecule has 2 atom stereocenters. The van der Waals surface area contributed by atoms with Crippen molar-refractivity contribution in [3.05, 3.63) is 48.0 Å². The van der Waals surface area contributed by atoms with Gasteiger partial charge in [0, 0.05) is 6.42 Å². The molecule has 22 heavy (non-hydrogen) atoms. The monoisotopic (exact) mass is 300 g/mol. The number of ketones is 1. The lowest BCUT2D eigenvalue weighted by atomic mass is 9.91. The van der Waals surface area contributed by atoms with Crippen LogP contribution in [0, 0.1) is 0 Å². The Bertz CT molecular complexity index is 561. The van der Waals surface area contributed by atoms with Gasteiger partial charge in [0.1, 0.15) is 5.60 Å². The molecule has 2 aliphatic rings. The Morgan fingerprint density at radius 3 is 2.64 bits per heavy atom. The van der Waals surface area contributed by atoms with Gasteiger partial charge >= 0.3 is 0 Å². The van der Waals surface area contributed by atoms with E-state index in [-0.39, 0.29) is 11.9 Å². The van der Waals surface area contributed by atoms with Crippen LogP contribution < -0.4 is 0 Å². The van der Waals surface area contributed by atoms with Crippen LogP contribution in [0.3, 0.4) is 0 Å². The van der Waals surface area contributed by atoms with Crippen molar-refractivity contribution >= 4 is 5.78 Å². The third kappa shape index (κ3) is 3.31. The third-order valence-electron chi connectivity index (χ3n) is 4.43. The Balaban J connectivity index is 1.55. The normalized spacial score (nSPS) is 29.5. The van der Waals surface area contributed by atoms with E-state index >= 15 is 0 Å². The largest absolute Gasteiger partial charge is 0.344 e. The molecule has 1 aliphatic carbocycles. The number of rotatable bonds is 5. The molecule has 0 unspecified atom stereocenters. The van der Waals surface area contributed by atoms with Gasteiger partial charge in [0.15, 0.2) is 11.6 Å². The first-order valence-electron chi connectivity index (χ1n) is 8.13. The summed E-state index contributed by atoms with van der Waals surface area (Å²) >= 11 is 0. The molecule has 0 N–H and O–H groups in total. The van der Waals surface area contributed by atoms with E-state index in [0.29, 0.717) is 6.42 Å². The molecule has 1 heterocycles. The van der Waals surface area contributed by atoms with Crippen LogP contribution in [0.1, 0.15) is 45.1 Å². The molecular formula is C19H24O3. The highest BCUT2D eigenvalue weighted by molar-refractivity contribution is 5.93. The van der Waals surface area contributed by atoms with Crippen molar-refractivity contribution in [2.24, 2.45) is 0 Å². The zero-order valence-electron chi connectivity index (χ0n) is 13.4. The van der Waals surface area contributed by atoms with Crippen LogP contribution in [-0.4, -0.2) is 23.3 Å². The summed E-state index contributed by atoms with van der Waals surface area (Å²) in [7, 11) is 0. The summed E-state index contributed by atoms with van der Waals surface area (Å²) < 4.78 is 12.1. The molecule has 3 heteroatoms. The maximum absolute atomic E-state index is 11.7. The van der Waals surface area contributed by atoms with Gasteiger partial charge in [-0.3, -0.25) is 4.79 Å². The molecule has 1 saturated heterocycles. The molecule has 1 aromatic rings. The Morgan fingerprint density at radius 2 is 1.95 bits per heavy atom. The van der Waals surface area contributed by atoms with Crippen molar-refractivity contribution in [3.8, 4) is 0 Å². The van der Waals surface area contributed by atoms with Gasteiger partial charge in [-0.2, -0.15) is 0 Å². The first-order chi connectivity index (χ1) is 10.5. The number of carbonyl (C=O) groups is 1. The number of carbonyl (C=O) groups excluding carboxylic acids is 1. The molecule has 3 rings (SSSR count). The lowest BCUT2D eigenvalue weighted by molar-refractivity contribution is -0.156. The van der Waals surface area contributed by atoms with Crippen LogP contribution in [0.15, 0.2) is 42.5 Å². The van der Waals surface area contributed by atoms with Gasteiger partial charge in [0.05, 0.1) is 6.10 Å². The minimum absolute atomic E-state index is 0.0269. The van der Waals surface area contributed by atoms with Gasteiger partial charge < -0.3 is 9.47 Å². The number of ether oxygens (including phenoxy) is 2. The van der Waals surface area contributed by atoms with Crippen LogP contribution in [0.25, 0.3) is 0 Å². The predicted octanol–water partition coefficient (Wildman–Crippen LogP) is 3.82. The minimum atomic E-state index is -0.612. The molecule has 0 radical (unpaired) electrons. The van der Waals surface area contributed by atoms with Crippen molar-refractivity contribution in [2.75, 3.05) is 0 Å². The Labute approximate surface area is 132 Å². The topological polar surface area (TPSA) is 35.5 Å². The van der Waals surface area contributed by atoms with Crippen LogP contribution in [0.2, 0.25) is 0 Å². The van der Waals surface area contributed by atoms with Crippen molar-refractivity contribution in [2.45, 2.75) is 63.4 Å². The van der Waals surface area contributed by atoms with Crippen molar-refractivity contribution in [1.29, 1.82) is 0 Å². The molecule has 0 aromatic heterocycles. The third-order valence-corrected chi connectivity index (χ3v) is 4.43. The SMILES string of the molecule is CC1(C)O[C@H](CCCCc2ccccc2)[C@@]2(C=CC(=O)C2)O1. The average molecular weight is 300 g/mol. The van der Waals surface area contributed by atoms with E-state index in [9.17, 15) is 4.79 Å². The second kappa shape index (κ2) is 5.98. The first-order valence-corrected chi connectivity index (χ1v) is 8.13. The molecule has 3 nitrogen and oxygen atoms in total. The number of aryl methyl sites for hydroxylation is 1. The Morgan fingerprint density at radius 1 is 1.18 bits per heavy atom. The molecule has 1 spiro atoms. The summed E-state index contributed by atoms with van der Waals surface area (Å²) in [6.45, 7) is 3.85. The number of hydrogen-bond acceptors (Lipinski definition) is 3. The standard InChI is InChI=1S/C19H24O3/c1-18(2)21-17(19(22-18)13-12-16(20)14-19)11-7-6-10-15-8-4-3-5-9-15/h3-5,8-9,12-13,17H,6-7,10-11,14H2,1-2H3/t17-,19+/m1/s1. The van der Waals surface area contributed by atoms with E-state index < -0.39 is 11.4 Å². The molecule has 0 amide bonds. The van der Waals surface area contributed by atoms with E-state index in [1.807, 2.05) is 26.0 Å². The predicted molar refractivity (Wildman–Crippen MR) is 85.5 cm³/mol. The highest BCUT2D eigenvalue weighted by atomic mass is 16.8. The molecular weight excluding hydrogens is 276 g/mol. The molecule has 118 valence electrons. The second-order valence-corrected chi connectivity index (χ2v) is 6.77. The summed E-state index contributed by atoms with van der Waals surface area (Å²) in [5.41, 5.74) is 0.838. The van der Waals surface area contributed by atoms with Crippen molar-refractivity contribution in [3.63, 3.8) is 0 Å². The summed E-state index contributed by atoms with van der Waals surface area (Å²) in [5, 5.41) is 0. The van der Waals surface area contributed by atoms with Gasteiger partial charge in [0.25, 0.3) is 0 Å². The fourth-order valence-corrected chi connectivity index (χ4v) is 3.51. The number of allylic oxidation sites excluding steroid dienone is 1. The Hall–Kier alpha value is -1.45. The fraction of sp³-hybridized carbons (Fsp3) is 0.526. The zero-order chi connectivity index (χ0) is 15.6. The van der Waals surface area contributed by atoms with E-state index in [4.69, 9.17) is 9.47 Å². The number of benzene rings is 1. The smallest absolute Gasteiger partial charge is 0.164 e. The van der Waals surface area contributed by atoms with Gasteiger partial charge in [0.2, 0.25) is 0 Å².